The van der Waals surface area contributed by atoms with Crippen molar-refractivity contribution in [3.8, 4) is 0 Å². The van der Waals surface area contributed by atoms with Gasteiger partial charge in [-0.3, -0.25) is 0 Å². The highest BCUT2D eigenvalue weighted by Crippen LogP contribution is 2.81. The Bertz CT molecular complexity index is 462. The molecule has 122 valence electrons. The molecule has 1 amide bonds. The number of fused-ring (bicyclic) bond motifs is 1. The van der Waals surface area contributed by atoms with Gasteiger partial charge < -0.3 is 22.6 Å². The third-order valence-corrected chi connectivity index (χ3v) is 4.41. The maximum Gasteiger partial charge on any atom is 0.491 e. The third-order valence-electron chi connectivity index (χ3n) is 4.41. The van der Waals surface area contributed by atoms with Crippen LogP contribution in [0.1, 0.15) is 27.7 Å². The summed E-state index contributed by atoms with van der Waals surface area (Å²) in [4.78, 5) is 12.8. The lowest BCUT2D eigenvalue weighted by atomic mass is 9.59. The highest BCUT2D eigenvalue weighted by atomic mass is 19.4. The molecule has 2 rings (SSSR count). The van der Waals surface area contributed by atoms with Gasteiger partial charge in [-0.05, 0) is 26.7 Å². The molecule has 1 aliphatic heterocycles. The molecule has 3 atom stereocenters. The van der Waals surface area contributed by atoms with Crippen LogP contribution < -0.4 is 0 Å². The summed E-state index contributed by atoms with van der Waals surface area (Å²) in [6.45, 7) is -0.740. The number of ether oxygens (including phenoxy) is 1. The van der Waals surface area contributed by atoms with E-state index in [4.69, 9.17) is 4.74 Å². The van der Waals surface area contributed by atoms with E-state index >= 15 is 0 Å². The first-order valence-electron chi connectivity index (χ1n) is 6.80. The lowest BCUT2D eigenvalue weighted by Gasteiger charge is -2.40. The van der Waals surface area contributed by atoms with Crippen LogP contribution in [0.4, 0.5) is 26.5 Å². The monoisotopic (exact) mass is 314 g/mol. The molecule has 0 N–H and O–H groups in total. The highest BCUT2D eigenvalue weighted by Gasteiger charge is 2.88. The van der Waals surface area contributed by atoms with Crippen molar-refractivity contribution in [3.05, 3.63) is 0 Å². The Balaban J connectivity index is 2.20. The normalized spacial score (nSPS) is 35.2. The molecule has 0 radical (unpaired) electrons. The van der Waals surface area contributed by atoms with E-state index in [1.807, 2.05) is 0 Å². The molecule has 0 spiro atoms. The molecule has 0 bridgehead atoms. The molecule has 0 aromatic rings. The molecule has 1 saturated heterocycles. The summed E-state index contributed by atoms with van der Waals surface area (Å²) in [5, 5.41) is -2.94. The second-order valence-corrected chi connectivity index (χ2v) is 6.97. The standard InChI is InChI=1S/C12H18BF5NO2/c1-7-5-19(9(20)21-10(2,3)4)6-8-11(7,12(8,14)15)13(16,17)18/h7-8H,5-6H2,1-4H3/q-1. The Morgan fingerprint density at radius 3 is 2.14 bits per heavy atom. The fourth-order valence-electron chi connectivity index (χ4n) is 3.48. The van der Waals surface area contributed by atoms with Crippen LogP contribution in [0.25, 0.3) is 0 Å². The fourth-order valence-corrected chi connectivity index (χ4v) is 3.48. The molecule has 1 heterocycles. The van der Waals surface area contributed by atoms with Gasteiger partial charge in [-0.1, -0.05) is 6.92 Å². The molecule has 3 unspecified atom stereocenters. The molecule has 0 aromatic heterocycles. The predicted molar refractivity (Wildman–Crippen MR) is 67.2 cm³/mol. The second kappa shape index (κ2) is 4.26. The summed E-state index contributed by atoms with van der Waals surface area (Å²) in [7, 11) is 0. The highest BCUT2D eigenvalue weighted by molar-refractivity contribution is 6.64. The van der Waals surface area contributed by atoms with Gasteiger partial charge in [0.1, 0.15) is 5.60 Å². The SMILES string of the molecule is CC1CN(C(=O)OC(C)(C)C)CC2C(F)(F)C12[B-](F)(F)F. The molecule has 0 aromatic carbocycles. The molecule has 21 heavy (non-hydrogen) atoms. The number of hydrogen-bond acceptors (Lipinski definition) is 2. The smallest absolute Gasteiger partial charge is 0.448 e. The molecule has 9 heteroatoms. The van der Waals surface area contributed by atoms with E-state index in [-0.39, 0.29) is 6.54 Å². The van der Waals surface area contributed by atoms with Crippen LogP contribution in [0.2, 0.25) is 5.31 Å². The number of hydrogen-bond donors (Lipinski definition) is 0. The lowest BCUT2D eigenvalue weighted by Crippen LogP contribution is -2.48. The van der Waals surface area contributed by atoms with Crippen LogP contribution in [0.3, 0.4) is 0 Å². The van der Waals surface area contributed by atoms with Gasteiger partial charge in [0.05, 0.1) is 0 Å². The number of carbonyl (C=O) groups is 1. The van der Waals surface area contributed by atoms with Crippen molar-refractivity contribution in [3.63, 3.8) is 0 Å². The van der Waals surface area contributed by atoms with Crippen LogP contribution in [0, 0.1) is 11.8 Å². The molecule has 3 nitrogen and oxygen atoms in total. The second-order valence-electron chi connectivity index (χ2n) is 6.97. The first kappa shape index (κ1) is 16.4. The van der Waals surface area contributed by atoms with Gasteiger partial charge in [-0.15, -0.1) is 0 Å². The van der Waals surface area contributed by atoms with E-state index in [9.17, 15) is 26.5 Å². The van der Waals surface area contributed by atoms with Crippen molar-refractivity contribution in [2.24, 2.45) is 11.8 Å². The van der Waals surface area contributed by atoms with Crippen molar-refractivity contribution < 1.29 is 31.3 Å². The van der Waals surface area contributed by atoms with Gasteiger partial charge in [-0.2, -0.15) is 0 Å². The number of halogens is 5. The zero-order valence-electron chi connectivity index (χ0n) is 12.3. The zero-order valence-corrected chi connectivity index (χ0v) is 12.3. The molecule has 1 aliphatic carbocycles. The van der Waals surface area contributed by atoms with Crippen molar-refractivity contribution in [2.45, 2.75) is 44.5 Å². The summed E-state index contributed by atoms with van der Waals surface area (Å²) in [6.07, 6.45) is -0.847. The Kier molecular flexibility index (Phi) is 3.32. The van der Waals surface area contributed by atoms with Gasteiger partial charge in [-0.25, -0.2) is 13.6 Å². The molecular formula is C12H18BF5NO2-. The average Bonchev–Trinajstić information content (AvgIpc) is 2.74. The van der Waals surface area contributed by atoms with Crippen molar-refractivity contribution >= 4 is 13.1 Å². The largest absolute Gasteiger partial charge is 0.491 e. The van der Waals surface area contributed by atoms with Gasteiger partial charge in [0, 0.05) is 24.3 Å². The number of likely N-dealkylation sites (tertiary alicyclic amines) is 1. The van der Waals surface area contributed by atoms with E-state index in [0.717, 1.165) is 11.8 Å². The summed E-state index contributed by atoms with van der Waals surface area (Å²) in [5.41, 5.74) is -0.825. The maximum absolute atomic E-state index is 13.8. The van der Waals surface area contributed by atoms with Crippen LogP contribution in [0.15, 0.2) is 0 Å². The topological polar surface area (TPSA) is 29.5 Å². The first-order valence-corrected chi connectivity index (χ1v) is 6.80. The zero-order chi connectivity index (χ0) is 16.4. The summed E-state index contributed by atoms with van der Waals surface area (Å²) in [5.74, 6) is -7.01. The molecule has 2 aliphatic rings. The minimum Gasteiger partial charge on any atom is -0.448 e. The van der Waals surface area contributed by atoms with Crippen LogP contribution in [-0.2, 0) is 4.74 Å². The van der Waals surface area contributed by atoms with Gasteiger partial charge in [0.15, 0.2) is 0 Å². The fraction of sp³-hybridized carbons (Fsp3) is 0.917. The van der Waals surface area contributed by atoms with E-state index in [1.165, 1.54) is 0 Å². The predicted octanol–water partition coefficient (Wildman–Crippen LogP) is 3.73. The Morgan fingerprint density at radius 1 is 1.24 bits per heavy atom. The Labute approximate surface area is 119 Å². The Morgan fingerprint density at radius 2 is 1.76 bits per heavy atom. The average molecular weight is 314 g/mol. The third kappa shape index (κ3) is 2.19. The lowest BCUT2D eigenvalue weighted by molar-refractivity contribution is 0.0156. The van der Waals surface area contributed by atoms with Crippen LogP contribution in [0.5, 0.6) is 0 Å². The minimum absolute atomic E-state index is 0.373. The van der Waals surface area contributed by atoms with Crippen LogP contribution >= 0.6 is 0 Å². The Hall–Kier alpha value is -1.02. The van der Waals surface area contributed by atoms with Gasteiger partial charge in [0.2, 0.25) is 5.92 Å². The van der Waals surface area contributed by atoms with Crippen molar-refractivity contribution in [2.75, 3.05) is 13.1 Å². The number of amides is 1. The summed E-state index contributed by atoms with van der Waals surface area (Å²) < 4.78 is 72.1. The van der Waals surface area contributed by atoms with E-state index in [1.54, 1.807) is 20.8 Å². The molecule has 1 saturated carbocycles. The van der Waals surface area contributed by atoms with Gasteiger partial charge in [0.25, 0.3) is 0 Å². The van der Waals surface area contributed by atoms with E-state index < -0.39 is 48.3 Å². The molecular weight excluding hydrogens is 296 g/mol. The summed E-state index contributed by atoms with van der Waals surface area (Å²) in [6, 6.07) is 0. The number of alkyl halides is 2. The number of nitrogens with zero attached hydrogens (tertiary/aromatic N) is 1. The quantitative estimate of drug-likeness (QED) is 0.545. The molecule has 2 fully saturated rings. The van der Waals surface area contributed by atoms with E-state index in [2.05, 4.69) is 0 Å². The van der Waals surface area contributed by atoms with E-state index in [0.29, 0.717) is 0 Å². The van der Waals surface area contributed by atoms with Crippen molar-refractivity contribution in [1.29, 1.82) is 0 Å². The summed E-state index contributed by atoms with van der Waals surface area (Å²) >= 11 is 0. The maximum atomic E-state index is 13.8. The van der Waals surface area contributed by atoms with Crippen molar-refractivity contribution in [1.82, 2.24) is 4.90 Å². The minimum atomic E-state index is -5.69. The number of piperidine rings is 1. The number of rotatable bonds is 1. The number of carbonyl (C=O) groups excluding carboxylic acids is 1. The van der Waals surface area contributed by atoms with Crippen LogP contribution in [-0.4, -0.2) is 42.6 Å². The van der Waals surface area contributed by atoms with Gasteiger partial charge >= 0.3 is 13.1 Å². The first-order chi connectivity index (χ1) is 9.25.